The van der Waals surface area contributed by atoms with Crippen LogP contribution in [0.4, 0.5) is 11.4 Å². The number of unbranched alkanes of at least 4 members (excludes halogenated alkanes) is 11. The van der Waals surface area contributed by atoms with Crippen molar-refractivity contribution < 1.29 is 19.3 Å². The van der Waals surface area contributed by atoms with E-state index in [4.69, 9.17) is 20.7 Å². The molecule has 0 atom stereocenters. The number of hydrogen-bond donors (Lipinski definition) is 0. The van der Waals surface area contributed by atoms with Gasteiger partial charge in [0.2, 0.25) is 0 Å². The van der Waals surface area contributed by atoms with Gasteiger partial charge in [-0.3, -0.25) is 0 Å². The Kier molecular flexibility index (Phi) is 22.3. The fourth-order valence-electron chi connectivity index (χ4n) is 6.43. The Morgan fingerprint density at radius 1 is 0.500 bits per heavy atom. The van der Waals surface area contributed by atoms with E-state index in [2.05, 4.69) is 81.6 Å². The minimum absolute atomic E-state index is 0.989. The third-order valence-corrected chi connectivity index (χ3v) is 9.91. The predicted octanol–water partition coefficient (Wildman–Crippen LogP) is 13.7. The van der Waals surface area contributed by atoms with Crippen molar-refractivity contribution in [2.75, 3.05) is 0 Å². The summed E-state index contributed by atoms with van der Waals surface area (Å²) in [5, 5.41) is 0. The van der Waals surface area contributed by atoms with E-state index in [0.717, 1.165) is 50.6 Å². The molecule has 2 nitrogen and oxygen atoms in total. The summed E-state index contributed by atoms with van der Waals surface area (Å²) in [6, 6.07) is 14.2. The van der Waals surface area contributed by atoms with Gasteiger partial charge in [-0.15, -0.1) is 0 Å². The molecule has 0 aliphatic rings. The van der Waals surface area contributed by atoms with Crippen molar-refractivity contribution in [3.05, 3.63) is 58.7 Å². The van der Waals surface area contributed by atoms with Crippen LogP contribution in [0.15, 0.2) is 41.4 Å². The molecule has 0 aromatic heterocycles. The Labute approximate surface area is 293 Å². The maximum atomic E-state index is 5.94. The van der Waals surface area contributed by atoms with Gasteiger partial charge >= 0.3 is 288 Å². The summed E-state index contributed by atoms with van der Waals surface area (Å²) in [6.45, 7) is 13.8. The van der Waals surface area contributed by atoms with E-state index in [1.165, 1.54) is 142 Å². The molecule has 0 saturated heterocycles. The molecule has 2 aromatic carbocycles. The van der Waals surface area contributed by atoms with Gasteiger partial charge in [-0.1, -0.05) is 6.92 Å². The van der Waals surface area contributed by atoms with Gasteiger partial charge in [0.15, 0.2) is 0 Å². The van der Waals surface area contributed by atoms with E-state index in [1.54, 1.807) is 0 Å². The fraction of sp³-hybridized carbons (Fsp3) is 0.674. The number of hydrogen-bond acceptors (Lipinski definition) is 1. The molecule has 3 heteroatoms. The van der Waals surface area contributed by atoms with Crippen LogP contribution in [0.2, 0.25) is 0 Å². The van der Waals surface area contributed by atoms with Gasteiger partial charge in [0.1, 0.15) is 0 Å². The summed E-state index contributed by atoms with van der Waals surface area (Å²) < 4.78 is 2.14. The molecule has 0 heterocycles. The molecule has 0 N–H and O–H groups in total. The second-order valence-corrected chi connectivity index (χ2v) is 14.0. The number of aliphatic imine (C=N–C) groups is 1. The molecule has 261 valence electrons. The summed E-state index contributed by atoms with van der Waals surface area (Å²) >= 11 is 5.94. The first-order valence-electron chi connectivity index (χ1n) is 19.6. The molecule has 0 unspecified atom stereocenters. The van der Waals surface area contributed by atoms with Gasteiger partial charge in [-0.05, 0) is 0 Å². The maximum absolute atomic E-state index is 5.94. The summed E-state index contributed by atoms with van der Waals surface area (Å²) in [4.78, 5) is 5.49. The van der Waals surface area contributed by atoms with Crippen molar-refractivity contribution in [1.29, 1.82) is 0 Å². The second-order valence-electron chi connectivity index (χ2n) is 13.6. The van der Waals surface area contributed by atoms with Gasteiger partial charge in [0, 0.05) is 0 Å². The summed E-state index contributed by atoms with van der Waals surface area (Å²) in [5.41, 5.74) is 10.9. The SMILES string of the molecule is CCCCCC(=Nc1ccc(CCCCC)c(CCCCC)c1)C(CCCC)=[N+]([Ni])c1ccc(CCCCC)c(CCCCC)c1. The number of benzene rings is 2. The molecule has 0 fully saturated rings. The first kappa shape index (κ1) is 40.4. The Hall–Kier alpha value is -1.73. The van der Waals surface area contributed by atoms with Crippen LogP contribution in [0.3, 0.4) is 0 Å². The van der Waals surface area contributed by atoms with Crippen molar-refractivity contribution in [1.82, 2.24) is 0 Å². The van der Waals surface area contributed by atoms with Gasteiger partial charge in [0.05, 0.1) is 0 Å². The average molecular weight is 674 g/mol. The zero-order valence-corrected chi connectivity index (χ0v) is 31.9. The third kappa shape index (κ3) is 15.0. The zero-order chi connectivity index (χ0) is 33.4. The summed E-state index contributed by atoms with van der Waals surface area (Å²) in [6.07, 6.45) is 27.9. The van der Waals surface area contributed by atoms with Crippen LogP contribution < -0.4 is 0 Å². The molecule has 2 aromatic rings. The Morgan fingerprint density at radius 3 is 1.48 bits per heavy atom. The molecule has 46 heavy (non-hydrogen) atoms. The van der Waals surface area contributed by atoms with E-state index >= 15 is 0 Å². The van der Waals surface area contributed by atoms with Crippen molar-refractivity contribution in [3.63, 3.8) is 0 Å². The molecule has 0 radical (unpaired) electrons. The fourth-order valence-corrected chi connectivity index (χ4v) is 6.80. The van der Waals surface area contributed by atoms with Crippen molar-refractivity contribution in [2.24, 2.45) is 4.99 Å². The molecule has 0 saturated carbocycles. The second kappa shape index (κ2) is 25.3. The standard InChI is InChI=1S/C43H70N2.Ni/c1-7-13-19-24-36-30-32-40(34-38(36)26-21-15-9-3)44-42(28-18-12-6)43(29-23-17-11-5)45-41-33-31-37(25-20-14-8-2)39(35-41)27-22-16-10-4;/h30-35H,7-29H2,1-6H3;/q;+1. The van der Waals surface area contributed by atoms with Gasteiger partial charge in [0.25, 0.3) is 0 Å². The molecule has 2 rings (SSSR count). The summed E-state index contributed by atoms with van der Waals surface area (Å²) in [5.74, 6) is 0. The van der Waals surface area contributed by atoms with Gasteiger partial charge in [-0.2, -0.15) is 0 Å². The first-order chi connectivity index (χ1) is 22.5. The molecular weight excluding hydrogens is 603 g/mol. The van der Waals surface area contributed by atoms with Crippen LogP contribution in [0, 0.1) is 0 Å². The van der Waals surface area contributed by atoms with Crippen LogP contribution in [0.5, 0.6) is 0 Å². The normalized spacial score (nSPS) is 12.6. The number of rotatable bonds is 26. The van der Waals surface area contributed by atoms with Crippen molar-refractivity contribution in [2.45, 2.75) is 189 Å². The predicted molar refractivity (Wildman–Crippen MR) is 201 cm³/mol. The van der Waals surface area contributed by atoms with Crippen LogP contribution in [-0.4, -0.2) is 15.1 Å². The van der Waals surface area contributed by atoms with Crippen LogP contribution in [0.1, 0.15) is 186 Å². The number of aryl methyl sites for hydroxylation is 4. The summed E-state index contributed by atoms with van der Waals surface area (Å²) in [7, 11) is 0. The third-order valence-electron chi connectivity index (χ3n) is 9.39. The molecule has 0 spiro atoms. The van der Waals surface area contributed by atoms with E-state index in [9.17, 15) is 0 Å². The van der Waals surface area contributed by atoms with Crippen LogP contribution in [-0.2, 0) is 41.4 Å². The van der Waals surface area contributed by atoms with Crippen LogP contribution >= 0.6 is 0 Å². The number of nitrogens with zero attached hydrogens (tertiary/aromatic N) is 2. The molecule has 0 aliphatic heterocycles. The van der Waals surface area contributed by atoms with E-state index < -0.39 is 0 Å². The minimum atomic E-state index is 0.989. The van der Waals surface area contributed by atoms with Crippen LogP contribution in [0.25, 0.3) is 0 Å². The van der Waals surface area contributed by atoms with Gasteiger partial charge < -0.3 is 0 Å². The van der Waals surface area contributed by atoms with E-state index in [0.29, 0.717) is 0 Å². The first-order valence-corrected chi connectivity index (χ1v) is 20.1. The monoisotopic (exact) mass is 672 g/mol. The molecule has 0 amide bonds. The average Bonchev–Trinajstić information content (AvgIpc) is 3.06. The quantitative estimate of drug-likeness (QED) is 0.0537. The Bertz CT molecular complexity index is 1160. The topological polar surface area (TPSA) is 15.4 Å². The van der Waals surface area contributed by atoms with E-state index in [-0.39, 0.29) is 0 Å². The van der Waals surface area contributed by atoms with E-state index in [1.807, 2.05) is 0 Å². The molecule has 0 bridgehead atoms. The Morgan fingerprint density at radius 2 is 0.957 bits per heavy atom. The molecule has 0 aliphatic carbocycles. The van der Waals surface area contributed by atoms with Crippen molar-refractivity contribution >= 4 is 22.8 Å². The zero-order valence-electron chi connectivity index (χ0n) is 30.9. The van der Waals surface area contributed by atoms with Crippen molar-refractivity contribution in [3.8, 4) is 0 Å². The molecular formula is C43H70N2Ni+. The Balaban J connectivity index is 2.61. The van der Waals surface area contributed by atoms with Gasteiger partial charge in [-0.25, -0.2) is 0 Å².